The predicted molar refractivity (Wildman–Crippen MR) is 104 cm³/mol. The van der Waals surface area contributed by atoms with Crippen molar-refractivity contribution in [2.24, 2.45) is 5.41 Å². The number of hydrogen-bond donors (Lipinski definition) is 4. The second-order valence-electron chi connectivity index (χ2n) is 6.00. The molecule has 4 N–H and O–H groups in total. The van der Waals surface area contributed by atoms with Crippen LogP contribution in [0.5, 0.6) is 11.5 Å². The quantitative estimate of drug-likeness (QED) is 0.531. The average molecular weight is 372 g/mol. The van der Waals surface area contributed by atoms with Crippen LogP contribution in [0.25, 0.3) is 12.2 Å². The number of aliphatic hydroxyl groups is 4. The van der Waals surface area contributed by atoms with E-state index in [0.717, 1.165) is 0 Å². The van der Waals surface area contributed by atoms with Gasteiger partial charge in [-0.15, -0.1) is 0 Å². The van der Waals surface area contributed by atoms with Gasteiger partial charge in [0.2, 0.25) is 0 Å². The van der Waals surface area contributed by atoms with Crippen LogP contribution < -0.4 is 9.47 Å². The van der Waals surface area contributed by atoms with E-state index in [0.29, 0.717) is 22.6 Å². The molecule has 0 heterocycles. The molecule has 0 bridgehead atoms. The fourth-order valence-electron chi connectivity index (χ4n) is 2.50. The van der Waals surface area contributed by atoms with Crippen molar-refractivity contribution in [3.63, 3.8) is 0 Å². The Morgan fingerprint density at radius 2 is 1.07 bits per heavy atom. The highest BCUT2D eigenvalue weighted by Crippen LogP contribution is 2.34. The maximum atomic E-state index is 10.6. The molecular weight excluding hydrogens is 348 g/mol. The molecule has 2 aromatic carbocycles. The molecule has 0 amide bonds. The zero-order chi connectivity index (χ0) is 19.9. The van der Waals surface area contributed by atoms with E-state index < -0.39 is 18.6 Å². The van der Waals surface area contributed by atoms with Gasteiger partial charge in [0, 0.05) is 0 Å². The molecule has 0 fully saturated rings. The number of hydrogen-bond acceptors (Lipinski definition) is 6. The Morgan fingerprint density at radius 3 is 1.33 bits per heavy atom. The summed E-state index contributed by atoms with van der Waals surface area (Å²) in [5, 5.41) is 40.8. The van der Waals surface area contributed by atoms with Gasteiger partial charge in [0.1, 0.15) is 28.4 Å². The van der Waals surface area contributed by atoms with Crippen molar-refractivity contribution >= 4 is 12.2 Å². The minimum Gasteiger partial charge on any atom is -0.511 e. The number of methoxy groups -OCH3 is 2. The lowest BCUT2D eigenvalue weighted by Gasteiger charge is -2.28. The van der Waals surface area contributed by atoms with Gasteiger partial charge in [-0.05, 0) is 47.5 Å². The first kappa shape index (κ1) is 20.4. The van der Waals surface area contributed by atoms with E-state index in [1.807, 2.05) is 0 Å². The van der Waals surface area contributed by atoms with Crippen molar-refractivity contribution in [2.45, 2.75) is 0 Å². The summed E-state index contributed by atoms with van der Waals surface area (Å²) in [6.07, 6.45) is 2.76. The minimum absolute atomic E-state index is 0.361. The van der Waals surface area contributed by atoms with E-state index in [-0.39, 0.29) is 11.5 Å². The van der Waals surface area contributed by atoms with Crippen molar-refractivity contribution < 1.29 is 29.9 Å². The van der Waals surface area contributed by atoms with Crippen molar-refractivity contribution in [3.8, 4) is 11.5 Å². The molecule has 0 aromatic heterocycles. The van der Waals surface area contributed by atoms with Gasteiger partial charge in [-0.25, -0.2) is 0 Å². The first-order valence-electron chi connectivity index (χ1n) is 8.31. The van der Waals surface area contributed by atoms with E-state index in [4.69, 9.17) is 9.47 Å². The zero-order valence-electron chi connectivity index (χ0n) is 15.3. The normalized spacial score (nSPS) is 12.7. The van der Waals surface area contributed by atoms with E-state index in [9.17, 15) is 20.4 Å². The number of aliphatic hydroxyl groups excluding tert-OH is 4. The van der Waals surface area contributed by atoms with Gasteiger partial charge in [-0.1, -0.05) is 24.3 Å². The van der Waals surface area contributed by atoms with Crippen LogP contribution in [-0.2, 0) is 0 Å². The molecular formula is C21H24O6. The third-order valence-corrected chi connectivity index (χ3v) is 4.36. The fraction of sp³-hybridized carbons (Fsp3) is 0.238. The highest BCUT2D eigenvalue weighted by atomic mass is 16.5. The van der Waals surface area contributed by atoms with Crippen molar-refractivity contribution in [3.05, 3.63) is 71.2 Å². The van der Waals surface area contributed by atoms with Crippen molar-refractivity contribution in [1.29, 1.82) is 0 Å². The van der Waals surface area contributed by atoms with Crippen molar-refractivity contribution in [2.75, 3.05) is 27.4 Å². The molecule has 0 aliphatic carbocycles. The molecule has 6 nitrogen and oxygen atoms in total. The third kappa shape index (κ3) is 4.61. The molecule has 2 aromatic rings. The van der Waals surface area contributed by atoms with Gasteiger partial charge in [0.05, 0.1) is 27.4 Å². The monoisotopic (exact) mass is 372 g/mol. The first-order valence-corrected chi connectivity index (χ1v) is 8.31. The highest BCUT2D eigenvalue weighted by molar-refractivity contribution is 5.59. The molecule has 144 valence electrons. The maximum absolute atomic E-state index is 10.6. The summed E-state index contributed by atoms with van der Waals surface area (Å²) in [7, 11) is 3.10. The first-order chi connectivity index (χ1) is 13.0. The van der Waals surface area contributed by atoms with E-state index in [1.165, 1.54) is 12.2 Å². The molecule has 0 aliphatic heterocycles. The lowest BCUT2D eigenvalue weighted by atomic mass is 9.83. The van der Waals surface area contributed by atoms with Crippen LogP contribution in [0.3, 0.4) is 0 Å². The van der Waals surface area contributed by atoms with Crippen LogP contribution in [0.4, 0.5) is 0 Å². The summed E-state index contributed by atoms with van der Waals surface area (Å²) >= 11 is 0. The summed E-state index contributed by atoms with van der Waals surface area (Å²) < 4.78 is 10.2. The second kappa shape index (κ2) is 9.12. The van der Waals surface area contributed by atoms with Gasteiger partial charge in [0.25, 0.3) is 0 Å². The van der Waals surface area contributed by atoms with Gasteiger partial charge in [-0.2, -0.15) is 0 Å². The average Bonchev–Trinajstić information content (AvgIpc) is 2.70. The Morgan fingerprint density at radius 1 is 0.741 bits per heavy atom. The van der Waals surface area contributed by atoms with Gasteiger partial charge in [-0.3, -0.25) is 0 Å². The van der Waals surface area contributed by atoms with Gasteiger partial charge >= 0.3 is 0 Å². The van der Waals surface area contributed by atoms with Gasteiger partial charge < -0.3 is 29.9 Å². The summed E-state index contributed by atoms with van der Waals surface area (Å²) in [5.41, 5.74) is -0.478. The largest absolute Gasteiger partial charge is 0.511 e. The van der Waals surface area contributed by atoms with Crippen LogP contribution >= 0.6 is 0 Å². The Hall–Kier alpha value is -2.96. The lowest BCUT2D eigenvalue weighted by Crippen LogP contribution is -2.34. The molecule has 2 rings (SSSR count). The zero-order valence-corrected chi connectivity index (χ0v) is 15.3. The topological polar surface area (TPSA) is 99.4 Å². The fourth-order valence-corrected chi connectivity index (χ4v) is 2.50. The van der Waals surface area contributed by atoms with E-state index in [2.05, 4.69) is 0 Å². The molecule has 0 aliphatic rings. The predicted octanol–water partition coefficient (Wildman–Crippen LogP) is 3.17. The van der Waals surface area contributed by atoms with Crippen LogP contribution in [0.15, 0.2) is 60.0 Å². The number of benzene rings is 2. The number of ether oxygens (including phenoxy) is 2. The standard InChI is InChI=1S/C21H24O6/c1-26-17-7-3-15(4-8-17)11-19(24)21(13-22,14-23)20(25)12-16-5-9-18(27-2)10-6-16/h3-12,22-25H,13-14H2,1-2H3. The lowest BCUT2D eigenvalue weighted by molar-refractivity contribution is 0.0487. The molecule has 0 saturated heterocycles. The number of rotatable bonds is 8. The minimum atomic E-state index is -1.72. The molecule has 0 atom stereocenters. The Kier molecular flexibility index (Phi) is 6.87. The van der Waals surface area contributed by atoms with Crippen LogP contribution in [0.2, 0.25) is 0 Å². The van der Waals surface area contributed by atoms with Gasteiger partial charge in [0.15, 0.2) is 0 Å². The molecule has 0 spiro atoms. The highest BCUT2D eigenvalue weighted by Gasteiger charge is 2.38. The van der Waals surface area contributed by atoms with E-state index >= 15 is 0 Å². The molecule has 0 saturated carbocycles. The summed E-state index contributed by atoms with van der Waals surface area (Å²) in [6, 6.07) is 13.7. The molecule has 27 heavy (non-hydrogen) atoms. The molecule has 6 heteroatoms. The Labute approximate surface area is 158 Å². The maximum Gasteiger partial charge on any atom is 0.130 e. The van der Waals surface area contributed by atoms with E-state index in [1.54, 1.807) is 62.8 Å². The van der Waals surface area contributed by atoms with Crippen molar-refractivity contribution in [1.82, 2.24) is 0 Å². The third-order valence-electron chi connectivity index (χ3n) is 4.36. The molecule has 0 unspecified atom stereocenters. The SMILES string of the molecule is COc1ccc(C=C(O)C(CO)(CO)C(O)=Cc2ccc(OC)cc2)cc1. The summed E-state index contributed by atoms with van der Waals surface area (Å²) in [5.74, 6) is 0.591. The second-order valence-corrected chi connectivity index (χ2v) is 6.00. The van der Waals surface area contributed by atoms with Crippen LogP contribution in [0.1, 0.15) is 11.1 Å². The van der Waals surface area contributed by atoms with Crippen LogP contribution in [0, 0.1) is 5.41 Å². The molecule has 0 radical (unpaired) electrons. The Balaban J connectivity index is 2.37. The van der Waals surface area contributed by atoms with Crippen LogP contribution in [-0.4, -0.2) is 47.9 Å². The Bertz CT molecular complexity index is 721. The summed E-state index contributed by atoms with van der Waals surface area (Å²) in [4.78, 5) is 0. The summed E-state index contributed by atoms with van der Waals surface area (Å²) in [6.45, 7) is -1.36. The smallest absolute Gasteiger partial charge is 0.130 e.